The largest absolute Gasteiger partial charge is 0.356 e. The smallest absolute Gasteiger partial charge is 0.191 e. The molecule has 31 heavy (non-hydrogen) atoms. The average molecular weight is 529 g/mol. The lowest BCUT2D eigenvalue weighted by Gasteiger charge is -2.23. The standard InChI is InChI=1S/C25H31N5.HI/c1-26-25(29-19-24-15-8-9-16-27-24)28-17-10-18-30(20-22-11-4-2-5-12-22)21-23-13-6-3-7-14-23;/h2-9,11-16H,10,17-21H2,1H3,(H2,26,28,29);1H. The predicted octanol–water partition coefficient (Wildman–Crippen LogP) is 4.46. The summed E-state index contributed by atoms with van der Waals surface area (Å²) >= 11 is 0. The molecule has 0 aliphatic carbocycles. The molecule has 1 heterocycles. The van der Waals surface area contributed by atoms with Crippen molar-refractivity contribution in [2.24, 2.45) is 4.99 Å². The molecule has 2 N–H and O–H groups in total. The molecule has 0 amide bonds. The van der Waals surface area contributed by atoms with Crippen LogP contribution in [0.5, 0.6) is 0 Å². The van der Waals surface area contributed by atoms with Crippen LogP contribution in [0.15, 0.2) is 90.1 Å². The van der Waals surface area contributed by atoms with E-state index in [1.165, 1.54) is 11.1 Å². The van der Waals surface area contributed by atoms with E-state index in [0.717, 1.165) is 44.3 Å². The first-order chi connectivity index (χ1) is 14.8. The summed E-state index contributed by atoms with van der Waals surface area (Å²) in [5, 5.41) is 6.72. The fourth-order valence-electron chi connectivity index (χ4n) is 3.30. The predicted molar refractivity (Wildman–Crippen MR) is 139 cm³/mol. The van der Waals surface area contributed by atoms with Gasteiger partial charge in [0.15, 0.2) is 5.96 Å². The first-order valence-electron chi connectivity index (χ1n) is 10.5. The number of nitrogens with one attached hydrogen (secondary N) is 2. The first kappa shape index (κ1) is 24.8. The summed E-state index contributed by atoms with van der Waals surface area (Å²) in [5.41, 5.74) is 3.68. The van der Waals surface area contributed by atoms with Crippen LogP contribution < -0.4 is 10.6 Å². The van der Waals surface area contributed by atoms with Crippen LogP contribution in [0.25, 0.3) is 0 Å². The van der Waals surface area contributed by atoms with Crippen molar-refractivity contribution in [1.82, 2.24) is 20.5 Å². The van der Waals surface area contributed by atoms with Gasteiger partial charge in [0.05, 0.1) is 12.2 Å². The van der Waals surface area contributed by atoms with E-state index in [1.807, 2.05) is 18.2 Å². The van der Waals surface area contributed by atoms with Gasteiger partial charge in [0, 0.05) is 39.4 Å². The summed E-state index contributed by atoms with van der Waals surface area (Å²) in [6, 6.07) is 27.3. The van der Waals surface area contributed by atoms with Crippen molar-refractivity contribution in [1.29, 1.82) is 0 Å². The van der Waals surface area contributed by atoms with Gasteiger partial charge in [-0.3, -0.25) is 14.9 Å². The van der Waals surface area contributed by atoms with Gasteiger partial charge in [-0.2, -0.15) is 0 Å². The van der Waals surface area contributed by atoms with Crippen LogP contribution in [0.4, 0.5) is 0 Å². The highest BCUT2D eigenvalue weighted by molar-refractivity contribution is 14.0. The Morgan fingerprint density at radius 3 is 2.00 bits per heavy atom. The van der Waals surface area contributed by atoms with Gasteiger partial charge in [-0.1, -0.05) is 66.7 Å². The van der Waals surface area contributed by atoms with Crippen LogP contribution >= 0.6 is 24.0 Å². The van der Waals surface area contributed by atoms with E-state index in [9.17, 15) is 0 Å². The fraction of sp³-hybridized carbons (Fsp3) is 0.280. The number of hydrogen-bond donors (Lipinski definition) is 2. The maximum atomic E-state index is 4.33. The van der Waals surface area contributed by atoms with Crippen molar-refractivity contribution in [2.45, 2.75) is 26.1 Å². The zero-order chi connectivity index (χ0) is 20.9. The zero-order valence-electron chi connectivity index (χ0n) is 18.1. The Morgan fingerprint density at radius 1 is 0.839 bits per heavy atom. The Kier molecular flexibility index (Phi) is 11.6. The van der Waals surface area contributed by atoms with Crippen LogP contribution in [0.3, 0.4) is 0 Å². The van der Waals surface area contributed by atoms with Crippen LogP contribution in [0.1, 0.15) is 23.2 Å². The zero-order valence-corrected chi connectivity index (χ0v) is 20.4. The summed E-state index contributed by atoms with van der Waals surface area (Å²) in [4.78, 5) is 11.1. The molecule has 0 spiro atoms. The van der Waals surface area contributed by atoms with Crippen LogP contribution in [0, 0.1) is 0 Å². The molecule has 0 aliphatic rings. The maximum Gasteiger partial charge on any atom is 0.191 e. The van der Waals surface area contributed by atoms with Crippen molar-refractivity contribution in [2.75, 3.05) is 20.1 Å². The highest BCUT2D eigenvalue weighted by atomic mass is 127. The molecule has 3 aromatic rings. The summed E-state index contributed by atoms with van der Waals surface area (Å²) in [7, 11) is 1.80. The van der Waals surface area contributed by atoms with Gasteiger partial charge in [-0.05, 0) is 29.7 Å². The number of halogens is 1. The van der Waals surface area contributed by atoms with Gasteiger partial charge in [-0.25, -0.2) is 0 Å². The Morgan fingerprint density at radius 2 is 1.45 bits per heavy atom. The molecule has 6 heteroatoms. The van der Waals surface area contributed by atoms with Gasteiger partial charge in [0.25, 0.3) is 0 Å². The minimum Gasteiger partial charge on any atom is -0.356 e. The SMILES string of the molecule is CN=C(NCCCN(Cc1ccccc1)Cc1ccccc1)NCc1ccccn1.I. The lowest BCUT2D eigenvalue weighted by molar-refractivity contribution is 0.254. The van der Waals surface area contributed by atoms with Crippen LogP contribution in [-0.4, -0.2) is 36.0 Å². The number of guanidine groups is 1. The van der Waals surface area contributed by atoms with E-state index in [4.69, 9.17) is 0 Å². The van der Waals surface area contributed by atoms with E-state index in [1.54, 1.807) is 13.2 Å². The van der Waals surface area contributed by atoms with Gasteiger partial charge in [-0.15, -0.1) is 24.0 Å². The van der Waals surface area contributed by atoms with Crippen molar-refractivity contribution < 1.29 is 0 Å². The Labute approximate surface area is 203 Å². The van der Waals surface area contributed by atoms with Crippen LogP contribution in [-0.2, 0) is 19.6 Å². The highest BCUT2D eigenvalue weighted by Gasteiger charge is 2.07. The maximum absolute atomic E-state index is 4.33. The summed E-state index contributed by atoms with van der Waals surface area (Å²) in [5.74, 6) is 0.804. The second kappa shape index (κ2) is 14.5. The molecule has 0 saturated heterocycles. The van der Waals surface area contributed by atoms with Gasteiger partial charge in [0.2, 0.25) is 0 Å². The summed E-state index contributed by atoms with van der Waals surface area (Å²) in [6.45, 7) is 4.43. The number of benzene rings is 2. The second-order valence-corrected chi connectivity index (χ2v) is 7.21. The number of hydrogen-bond acceptors (Lipinski definition) is 3. The number of nitrogens with zero attached hydrogens (tertiary/aromatic N) is 3. The molecule has 2 aromatic carbocycles. The molecule has 0 radical (unpaired) electrons. The van der Waals surface area contributed by atoms with Crippen molar-refractivity contribution >= 4 is 29.9 Å². The number of pyridine rings is 1. The first-order valence-corrected chi connectivity index (χ1v) is 10.5. The van der Waals surface area contributed by atoms with Gasteiger partial charge in [0.1, 0.15) is 0 Å². The topological polar surface area (TPSA) is 52.6 Å². The second-order valence-electron chi connectivity index (χ2n) is 7.21. The molecule has 5 nitrogen and oxygen atoms in total. The van der Waals surface area contributed by atoms with Crippen LogP contribution in [0.2, 0.25) is 0 Å². The van der Waals surface area contributed by atoms with E-state index < -0.39 is 0 Å². The Bertz CT molecular complexity index is 831. The van der Waals surface area contributed by atoms with Crippen molar-refractivity contribution in [3.05, 3.63) is 102 Å². The molecule has 0 atom stereocenters. The summed E-state index contributed by atoms with van der Waals surface area (Å²) < 4.78 is 0. The third-order valence-corrected chi connectivity index (χ3v) is 4.83. The Hall–Kier alpha value is -2.45. The molecule has 1 aromatic heterocycles. The van der Waals surface area contributed by atoms with Crippen molar-refractivity contribution in [3.63, 3.8) is 0 Å². The van der Waals surface area contributed by atoms with Crippen molar-refractivity contribution in [3.8, 4) is 0 Å². The van der Waals surface area contributed by atoms with E-state index in [0.29, 0.717) is 6.54 Å². The molecular formula is C25H32IN5. The molecule has 0 bridgehead atoms. The third kappa shape index (κ3) is 9.48. The van der Waals surface area contributed by atoms with E-state index >= 15 is 0 Å². The molecule has 164 valence electrons. The number of aromatic nitrogens is 1. The molecular weight excluding hydrogens is 497 g/mol. The number of aliphatic imine (C=N–C) groups is 1. The lowest BCUT2D eigenvalue weighted by atomic mass is 10.1. The average Bonchev–Trinajstić information content (AvgIpc) is 2.80. The van der Waals surface area contributed by atoms with E-state index in [2.05, 4.69) is 86.2 Å². The minimum atomic E-state index is 0. The quantitative estimate of drug-likeness (QED) is 0.176. The molecule has 0 fully saturated rings. The highest BCUT2D eigenvalue weighted by Crippen LogP contribution is 2.10. The monoisotopic (exact) mass is 529 g/mol. The normalized spacial score (nSPS) is 11.1. The van der Waals surface area contributed by atoms with Gasteiger partial charge < -0.3 is 10.6 Å². The Balaban J connectivity index is 0.00000341. The molecule has 0 aliphatic heterocycles. The summed E-state index contributed by atoms with van der Waals surface area (Å²) in [6.07, 6.45) is 2.84. The minimum absolute atomic E-state index is 0. The molecule has 3 rings (SSSR count). The third-order valence-electron chi connectivity index (χ3n) is 4.83. The molecule has 0 unspecified atom stereocenters. The fourth-order valence-corrected chi connectivity index (χ4v) is 3.30. The number of rotatable bonds is 10. The molecule has 0 saturated carbocycles. The van der Waals surface area contributed by atoms with Gasteiger partial charge >= 0.3 is 0 Å². The lowest BCUT2D eigenvalue weighted by Crippen LogP contribution is -2.38. The van der Waals surface area contributed by atoms with E-state index in [-0.39, 0.29) is 24.0 Å².